The van der Waals surface area contributed by atoms with Gasteiger partial charge in [-0.05, 0) is 43.4 Å². The quantitative estimate of drug-likeness (QED) is 0.421. The standard InChI is InChI=1S/C22H31NO4/c1-5-7-11-26-20(24)14-22(16-23,15-21(25)27-12-8-6-2)19-10-9-17(3)18(4)13-19/h9-10,13H,5-8,11-12,14-15H2,1-4H3. The van der Waals surface area contributed by atoms with Crippen LogP contribution in [0, 0.1) is 25.2 Å². The first-order valence-electron chi connectivity index (χ1n) is 9.68. The van der Waals surface area contributed by atoms with Crippen molar-refractivity contribution in [3.05, 3.63) is 34.9 Å². The van der Waals surface area contributed by atoms with Crippen LogP contribution in [0.2, 0.25) is 0 Å². The highest BCUT2D eigenvalue weighted by Gasteiger charge is 2.39. The molecule has 1 aromatic carbocycles. The molecule has 0 aliphatic heterocycles. The summed E-state index contributed by atoms with van der Waals surface area (Å²) in [6, 6.07) is 7.81. The van der Waals surface area contributed by atoms with Crippen molar-refractivity contribution in [1.29, 1.82) is 5.26 Å². The molecule has 0 bridgehead atoms. The van der Waals surface area contributed by atoms with Gasteiger partial charge in [-0.15, -0.1) is 0 Å². The molecule has 0 atom stereocenters. The molecule has 1 aromatic rings. The van der Waals surface area contributed by atoms with Crippen LogP contribution in [0.1, 0.15) is 69.1 Å². The zero-order valence-corrected chi connectivity index (χ0v) is 17.0. The molecule has 0 heterocycles. The second kappa shape index (κ2) is 11.4. The summed E-state index contributed by atoms with van der Waals surface area (Å²) < 4.78 is 10.5. The number of carbonyl (C=O) groups is 2. The van der Waals surface area contributed by atoms with Gasteiger partial charge in [-0.2, -0.15) is 5.26 Å². The van der Waals surface area contributed by atoms with Crippen molar-refractivity contribution in [2.75, 3.05) is 13.2 Å². The zero-order chi connectivity index (χ0) is 20.3. The minimum Gasteiger partial charge on any atom is -0.466 e. The van der Waals surface area contributed by atoms with Crippen LogP contribution in [0.25, 0.3) is 0 Å². The Morgan fingerprint density at radius 2 is 1.48 bits per heavy atom. The number of aryl methyl sites for hydroxylation is 2. The maximum absolute atomic E-state index is 12.3. The van der Waals surface area contributed by atoms with E-state index in [1.165, 1.54) is 0 Å². The lowest BCUT2D eigenvalue weighted by molar-refractivity contribution is -0.147. The Morgan fingerprint density at radius 1 is 0.963 bits per heavy atom. The van der Waals surface area contributed by atoms with E-state index in [9.17, 15) is 14.9 Å². The molecule has 0 saturated heterocycles. The smallest absolute Gasteiger partial charge is 0.307 e. The van der Waals surface area contributed by atoms with Crippen molar-refractivity contribution < 1.29 is 19.1 Å². The molecule has 0 fully saturated rings. The van der Waals surface area contributed by atoms with E-state index < -0.39 is 17.4 Å². The largest absolute Gasteiger partial charge is 0.466 e. The average Bonchev–Trinajstić information content (AvgIpc) is 2.63. The van der Waals surface area contributed by atoms with Crippen molar-refractivity contribution in [3.63, 3.8) is 0 Å². The first-order valence-corrected chi connectivity index (χ1v) is 9.68. The minimum atomic E-state index is -1.29. The Bertz CT molecular complexity index is 651. The molecule has 1 rings (SSSR count). The summed E-state index contributed by atoms with van der Waals surface area (Å²) in [6.07, 6.45) is 3.04. The van der Waals surface area contributed by atoms with Crippen LogP contribution in [0.15, 0.2) is 18.2 Å². The normalized spacial score (nSPS) is 10.9. The number of benzene rings is 1. The first-order chi connectivity index (χ1) is 12.9. The van der Waals surface area contributed by atoms with E-state index in [1.54, 1.807) is 0 Å². The summed E-state index contributed by atoms with van der Waals surface area (Å²) in [5, 5.41) is 9.97. The van der Waals surface area contributed by atoms with Crippen molar-refractivity contribution >= 4 is 11.9 Å². The highest BCUT2D eigenvalue weighted by molar-refractivity contribution is 5.77. The SMILES string of the molecule is CCCCOC(=O)CC(C#N)(CC(=O)OCCCC)c1ccc(C)c(C)c1. The molecule has 0 amide bonds. The molecule has 5 nitrogen and oxygen atoms in total. The number of nitrogens with zero attached hydrogens (tertiary/aromatic N) is 1. The average molecular weight is 373 g/mol. The number of hydrogen-bond acceptors (Lipinski definition) is 5. The van der Waals surface area contributed by atoms with Gasteiger partial charge in [-0.3, -0.25) is 9.59 Å². The second-order valence-electron chi connectivity index (χ2n) is 6.99. The van der Waals surface area contributed by atoms with Crippen molar-refractivity contribution in [1.82, 2.24) is 0 Å². The third-order valence-corrected chi connectivity index (χ3v) is 4.69. The van der Waals surface area contributed by atoms with Crippen LogP contribution in [0.5, 0.6) is 0 Å². The molecular formula is C22H31NO4. The minimum absolute atomic E-state index is 0.168. The highest BCUT2D eigenvalue weighted by atomic mass is 16.5. The van der Waals surface area contributed by atoms with Gasteiger partial charge in [0, 0.05) is 0 Å². The number of nitriles is 1. The van der Waals surface area contributed by atoms with Crippen molar-refractivity contribution in [2.24, 2.45) is 0 Å². The monoisotopic (exact) mass is 373 g/mol. The molecular weight excluding hydrogens is 342 g/mol. The lowest BCUT2D eigenvalue weighted by Gasteiger charge is -2.26. The van der Waals surface area contributed by atoms with Crippen molar-refractivity contribution in [3.8, 4) is 6.07 Å². The molecule has 5 heteroatoms. The van der Waals surface area contributed by atoms with E-state index >= 15 is 0 Å². The molecule has 0 unspecified atom stereocenters. The lowest BCUT2D eigenvalue weighted by Crippen LogP contribution is -2.32. The predicted octanol–water partition coefficient (Wildman–Crippen LogP) is 4.53. The van der Waals surface area contributed by atoms with E-state index in [4.69, 9.17) is 9.47 Å². The van der Waals surface area contributed by atoms with Crippen LogP contribution < -0.4 is 0 Å². The van der Waals surface area contributed by atoms with Gasteiger partial charge in [0.15, 0.2) is 0 Å². The Kier molecular flexibility index (Phi) is 9.56. The van der Waals surface area contributed by atoms with Crippen LogP contribution in [-0.2, 0) is 24.5 Å². The molecule has 0 aromatic heterocycles. The number of ether oxygens (including phenoxy) is 2. The number of rotatable bonds is 11. The van der Waals surface area contributed by atoms with Crippen LogP contribution in [0.3, 0.4) is 0 Å². The number of carbonyl (C=O) groups excluding carboxylic acids is 2. The summed E-state index contributed by atoms with van der Waals surface area (Å²) in [7, 11) is 0. The Labute approximate surface area is 162 Å². The van der Waals surface area contributed by atoms with Crippen LogP contribution in [0.4, 0.5) is 0 Å². The molecule has 0 N–H and O–H groups in total. The first kappa shape index (κ1) is 22.7. The zero-order valence-electron chi connectivity index (χ0n) is 17.0. The predicted molar refractivity (Wildman–Crippen MR) is 104 cm³/mol. The fraction of sp³-hybridized carbons (Fsp3) is 0.591. The molecule has 148 valence electrons. The third kappa shape index (κ3) is 7.05. The summed E-state index contributed by atoms with van der Waals surface area (Å²) in [5.41, 5.74) is 1.45. The molecule has 0 aliphatic carbocycles. The topological polar surface area (TPSA) is 76.4 Å². The highest BCUT2D eigenvalue weighted by Crippen LogP contribution is 2.33. The van der Waals surface area contributed by atoms with E-state index in [1.807, 2.05) is 45.9 Å². The van der Waals surface area contributed by atoms with Gasteiger partial charge in [0.05, 0.1) is 32.1 Å². The van der Waals surface area contributed by atoms with Gasteiger partial charge < -0.3 is 9.47 Å². The second-order valence-corrected chi connectivity index (χ2v) is 6.99. The Morgan fingerprint density at radius 3 is 1.89 bits per heavy atom. The van der Waals surface area contributed by atoms with Gasteiger partial charge in [0.25, 0.3) is 0 Å². The van der Waals surface area contributed by atoms with Crippen molar-refractivity contribution in [2.45, 2.75) is 71.6 Å². The summed E-state index contributed by atoms with van der Waals surface area (Å²) in [4.78, 5) is 24.7. The lowest BCUT2D eigenvalue weighted by atomic mass is 9.75. The number of esters is 2. The molecule has 0 aliphatic rings. The summed E-state index contributed by atoms with van der Waals surface area (Å²) in [5.74, 6) is -0.936. The molecule has 0 spiro atoms. The van der Waals surface area contributed by atoms with Gasteiger partial charge in [-0.25, -0.2) is 0 Å². The Balaban J connectivity index is 3.08. The van der Waals surface area contributed by atoms with E-state index in [-0.39, 0.29) is 12.8 Å². The Hall–Kier alpha value is -2.35. The van der Waals surface area contributed by atoms with Gasteiger partial charge in [-0.1, -0.05) is 44.9 Å². The van der Waals surface area contributed by atoms with Gasteiger partial charge in [0.1, 0.15) is 5.41 Å². The molecule has 0 saturated carbocycles. The van der Waals surface area contributed by atoms with Crippen LogP contribution in [-0.4, -0.2) is 25.2 Å². The van der Waals surface area contributed by atoms with E-state index in [2.05, 4.69) is 6.07 Å². The molecule has 27 heavy (non-hydrogen) atoms. The van der Waals surface area contributed by atoms with E-state index in [0.29, 0.717) is 18.8 Å². The maximum atomic E-state index is 12.3. The molecule has 0 radical (unpaired) electrons. The summed E-state index contributed by atoms with van der Waals surface area (Å²) in [6.45, 7) is 8.59. The number of unbranched alkanes of at least 4 members (excludes halogenated alkanes) is 2. The van der Waals surface area contributed by atoms with E-state index in [0.717, 1.165) is 36.8 Å². The van der Waals surface area contributed by atoms with Crippen LogP contribution >= 0.6 is 0 Å². The van der Waals surface area contributed by atoms with Gasteiger partial charge in [0.2, 0.25) is 0 Å². The summed E-state index contributed by atoms with van der Waals surface area (Å²) >= 11 is 0. The fourth-order valence-electron chi connectivity index (χ4n) is 2.70. The fourth-order valence-corrected chi connectivity index (χ4v) is 2.70. The maximum Gasteiger partial charge on any atom is 0.307 e. The number of hydrogen-bond donors (Lipinski definition) is 0. The van der Waals surface area contributed by atoms with Gasteiger partial charge >= 0.3 is 11.9 Å². The third-order valence-electron chi connectivity index (χ3n) is 4.69.